The van der Waals surface area contributed by atoms with Crippen molar-refractivity contribution in [3.05, 3.63) is 59.1 Å². The minimum absolute atomic E-state index is 0.312. The Labute approximate surface area is 144 Å². The van der Waals surface area contributed by atoms with Crippen LogP contribution in [0.4, 0.5) is 5.69 Å². The molecule has 0 spiro atoms. The van der Waals surface area contributed by atoms with Crippen molar-refractivity contribution in [1.82, 2.24) is 14.9 Å². The van der Waals surface area contributed by atoms with Gasteiger partial charge in [0.1, 0.15) is 13.2 Å². The standard InChI is InChI=1S/C16H19N5O4/c22-21(23)11-16(18-4-1-6-20-7-5-17-12-20)19-13-2-3-14-15(10-13)25-9-8-24-14/h2-3,5,7,10-12,18-19H,1,4,6,8-9H2. The zero-order chi connectivity index (χ0) is 17.5. The van der Waals surface area contributed by atoms with Gasteiger partial charge in [-0.2, -0.15) is 0 Å². The Morgan fingerprint density at radius 2 is 2.20 bits per heavy atom. The molecule has 9 nitrogen and oxygen atoms in total. The van der Waals surface area contributed by atoms with E-state index in [9.17, 15) is 10.1 Å². The summed E-state index contributed by atoms with van der Waals surface area (Å²) in [7, 11) is 0. The minimum Gasteiger partial charge on any atom is -0.486 e. The van der Waals surface area contributed by atoms with Gasteiger partial charge in [-0.15, -0.1) is 0 Å². The molecule has 0 radical (unpaired) electrons. The van der Waals surface area contributed by atoms with E-state index in [2.05, 4.69) is 15.6 Å². The van der Waals surface area contributed by atoms with Gasteiger partial charge in [0, 0.05) is 37.2 Å². The van der Waals surface area contributed by atoms with Crippen LogP contribution in [0.1, 0.15) is 6.42 Å². The Balaban J connectivity index is 1.58. The van der Waals surface area contributed by atoms with Gasteiger partial charge < -0.3 is 24.7 Å². The Morgan fingerprint density at radius 1 is 1.36 bits per heavy atom. The molecule has 25 heavy (non-hydrogen) atoms. The molecule has 3 rings (SSSR count). The molecule has 0 aliphatic carbocycles. The van der Waals surface area contributed by atoms with Gasteiger partial charge in [-0.25, -0.2) is 4.98 Å². The first-order chi connectivity index (χ1) is 12.2. The molecule has 1 aliphatic rings. The first kappa shape index (κ1) is 16.6. The summed E-state index contributed by atoms with van der Waals surface area (Å²) in [6, 6.07) is 5.32. The molecule has 0 bridgehead atoms. The van der Waals surface area contributed by atoms with Gasteiger partial charge >= 0.3 is 0 Å². The normalized spacial score (nSPS) is 13.4. The number of aromatic nitrogens is 2. The van der Waals surface area contributed by atoms with Crippen LogP contribution in [0.2, 0.25) is 0 Å². The van der Waals surface area contributed by atoms with Crippen molar-refractivity contribution >= 4 is 5.69 Å². The summed E-state index contributed by atoms with van der Waals surface area (Å²) in [5.41, 5.74) is 0.680. The van der Waals surface area contributed by atoms with Crippen LogP contribution in [-0.4, -0.2) is 34.2 Å². The van der Waals surface area contributed by atoms with Gasteiger partial charge in [0.25, 0.3) is 6.20 Å². The van der Waals surface area contributed by atoms with E-state index in [1.54, 1.807) is 30.7 Å². The summed E-state index contributed by atoms with van der Waals surface area (Å²) in [4.78, 5) is 14.3. The molecular weight excluding hydrogens is 326 g/mol. The fourth-order valence-corrected chi connectivity index (χ4v) is 2.41. The van der Waals surface area contributed by atoms with Crippen LogP contribution in [0.15, 0.2) is 48.9 Å². The second-order valence-electron chi connectivity index (χ2n) is 5.39. The highest BCUT2D eigenvalue weighted by atomic mass is 16.6. The maximum absolute atomic E-state index is 10.8. The van der Waals surface area contributed by atoms with E-state index in [0.717, 1.165) is 19.2 Å². The number of ether oxygens (including phenoxy) is 2. The second-order valence-corrected chi connectivity index (χ2v) is 5.39. The molecule has 1 aliphatic heterocycles. The number of benzene rings is 1. The average Bonchev–Trinajstić information content (AvgIpc) is 3.11. The summed E-state index contributed by atoms with van der Waals surface area (Å²) in [6.45, 7) is 2.36. The number of nitro groups is 1. The van der Waals surface area contributed by atoms with Crippen molar-refractivity contribution in [2.45, 2.75) is 13.0 Å². The molecule has 132 valence electrons. The molecule has 0 atom stereocenters. The van der Waals surface area contributed by atoms with Gasteiger partial charge in [0.15, 0.2) is 17.3 Å². The molecule has 0 amide bonds. The van der Waals surface area contributed by atoms with E-state index < -0.39 is 4.92 Å². The predicted octanol–water partition coefficient (Wildman–Crippen LogP) is 1.82. The molecular formula is C16H19N5O4. The number of anilines is 1. The summed E-state index contributed by atoms with van der Waals surface area (Å²) in [5, 5.41) is 16.9. The highest BCUT2D eigenvalue weighted by molar-refractivity contribution is 5.57. The first-order valence-corrected chi connectivity index (χ1v) is 7.92. The number of nitrogens with zero attached hydrogens (tertiary/aromatic N) is 3. The van der Waals surface area contributed by atoms with E-state index in [-0.39, 0.29) is 0 Å². The van der Waals surface area contributed by atoms with Crippen molar-refractivity contribution in [3.8, 4) is 11.5 Å². The highest BCUT2D eigenvalue weighted by Gasteiger charge is 2.12. The monoisotopic (exact) mass is 345 g/mol. The van der Waals surface area contributed by atoms with E-state index in [1.165, 1.54) is 0 Å². The largest absolute Gasteiger partial charge is 0.486 e. The lowest BCUT2D eigenvalue weighted by molar-refractivity contribution is -0.403. The van der Waals surface area contributed by atoms with Gasteiger partial charge in [0.2, 0.25) is 0 Å². The molecule has 0 fully saturated rings. The number of fused-ring (bicyclic) bond motifs is 1. The number of hydrogen-bond donors (Lipinski definition) is 2. The number of aryl methyl sites for hydroxylation is 1. The summed E-state index contributed by atoms with van der Waals surface area (Å²) in [6.07, 6.45) is 7.04. The maximum Gasteiger partial charge on any atom is 0.274 e. The van der Waals surface area contributed by atoms with Gasteiger partial charge in [-0.05, 0) is 18.6 Å². The van der Waals surface area contributed by atoms with Crippen LogP contribution in [0.3, 0.4) is 0 Å². The highest BCUT2D eigenvalue weighted by Crippen LogP contribution is 2.32. The van der Waals surface area contributed by atoms with Crippen molar-refractivity contribution < 1.29 is 14.4 Å². The molecule has 1 aromatic heterocycles. The van der Waals surface area contributed by atoms with Gasteiger partial charge in [-0.3, -0.25) is 10.1 Å². The van der Waals surface area contributed by atoms with Crippen LogP contribution in [0, 0.1) is 10.1 Å². The third-order valence-electron chi connectivity index (χ3n) is 3.52. The SMILES string of the molecule is O=[N+]([O-])C=C(NCCCn1ccnc1)Nc1ccc2c(c1)OCCO2. The smallest absolute Gasteiger partial charge is 0.274 e. The van der Waals surface area contributed by atoms with Crippen molar-refractivity contribution in [2.24, 2.45) is 0 Å². The van der Waals surface area contributed by atoms with Crippen molar-refractivity contribution in [2.75, 3.05) is 25.1 Å². The average molecular weight is 345 g/mol. The Bertz CT molecular complexity index is 745. The minimum atomic E-state index is -0.497. The fourth-order valence-electron chi connectivity index (χ4n) is 2.41. The Morgan fingerprint density at radius 3 is 2.96 bits per heavy atom. The van der Waals surface area contributed by atoms with E-state index in [1.807, 2.05) is 10.8 Å². The number of imidazole rings is 1. The van der Waals surface area contributed by atoms with Crippen molar-refractivity contribution in [3.63, 3.8) is 0 Å². The zero-order valence-electron chi connectivity index (χ0n) is 13.6. The maximum atomic E-state index is 10.8. The second kappa shape index (κ2) is 8.04. The third-order valence-corrected chi connectivity index (χ3v) is 3.52. The molecule has 1 aromatic carbocycles. The van der Waals surface area contributed by atoms with Gasteiger partial charge in [-0.1, -0.05) is 0 Å². The van der Waals surface area contributed by atoms with Crippen LogP contribution in [0.5, 0.6) is 11.5 Å². The lowest BCUT2D eigenvalue weighted by Crippen LogP contribution is -2.23. The zero-order valence-corrected chi connectivity index (χ0v) is 13.6. The van der Waals surface area contributed by atoms with Crippen LogP contribution >= 0.6 is 0 Å². The Hall–Kier alpha value is -3.23. The third kappa shape index (κ3) is 4.87. The van der Waals surface area contributed by atoms with E-state index in [0.29, 0.717) is 42.8 Å². The van der Waals surface area contributed by atoms with E-state index >= 15 is 0 Å². The first-order valence-electron chi connectivity index (χ1n) is 7.92. The van der Waals surface area contributed by atoms with Crippen LogP contribution in [0.25, 0.3) is 0 Å². The molecule has 2 heterocycles. The summed E-state index contributed by atoms with van der Waals surface area (Å²) in [5.74, 6) is 1.61. The van der Waals surface area contributed by atoms with Gasteiger partial charge in [0.05, 0.1) is 11.3 Å². The quantitative estimate of drug-likeness (QED) is 0.427. The van der Waals surface area contributed by atoms with Crippen LogP contribution < -0.4 is 20.1 Å². The molecule has 9 heteroatoms. The van der Waals surface area contributed by atoms with Crippen molar-refractivity contribution in [1.29, 1.82) is 0 Å². The molecule has 2 aromatic rings. The fraction of sp³-hybridized carbons (Fsp3) is 0.312. The van der Waals surface area contributed by atoms with Crippen LogP contribution in [-0.2, 0) is 6.54 Å². The number of rotatable bonds is 8. The number of hydrogen-bond acceptors (Lipinski definition) is 7. The molecule has 2 N–H and O–H groups in total. The molecule has 0 unspecified atom stereocenters. The molecule has 0 saturated carbocycles. The number of nitrogens with one attached hydrogen (secondary N) is 2. The predicted molar refractivity (Wildman–Crippen MR) is 91.0 cm³/mol. The molecule has 0 saturated heterocycles. The van der Waals surface area contributed by atoms with E-state index in [4.69, 9.17) is 9.47 Å². The topological polar surface area (TPSA) is 103 Å². The summed E-state index contributed by atoms with van der Waals surface area (Å²) >= 11 is 0. The lowest BCUT2D eigenvalue weighted by Gasteiger charge is -2.19. The Kier molecular flexibility index (Phi) is 5.35. The summed E-state index contributed by atoms with van der Waals surface area (Å²) < 4.78 is 12.9. The lowest BCUT2D eigenvalue weighted by atomic mass is 10.2.